The molecule has 2 N–H and O–H groups in total. The number of unbranched alkanes of at least 4 members (excludes halogenated alkanes) is 1. The smallest absolute Gasteiger partial charge is 0.346 e. The minimum atomic E-state index is -0.619. The highest BCUT2D eigenvalue weighted by atomic mass is 32.1. The first-order valence-electron chi connectivity index (χ1n) is 11.3. The van der Waals surface area contributed by atoms with Crippen LogP contribution >= 0.6 is 11.5 Å². The first-order valence-corrected chi connectivity index (χ1v) is 12.1. The predicted molar refractivity (Wildman–Crippen MR) is 127 cm³/mol. The van der Waals surface area contributed by atoms with Crippen LogP contribution in [0.25, 0.3) is 0 Å². The van der Waals surface area contributed by atoms with E-state index in [4.69, 9.17) is 14.2 Å². The molecule has 1 aliphatic heterocycles. The van der Waals surface area contributed by atoms with Gasteiger partial charge in [0.1, 0.15) is 17.4 Å². The van der Waals surface area contributed by atoms with Crippen molar-refractivity contribution < 1.29 is 23.8 Å². The van der Waals surface area contributed by atoms with Crippen LogP contribution in [0.3, 0.4) is 0 Å². The highest BCUT2D eigenvalue weighted by Crippen LogP contribution is 2.32. The maximum atomic E-state index is 12.3. The van der Waals surface area contributed by atoms with Crippen molar-refractivity contribution in [2.24, 2.45) is 0 Å². The number of amides is 2. The van der Waals surface area contributed by atoms with Gasteiger partial charge in [0.2, 0.25) is 5.88 Å². The van der Waals surface area contributed by atoms with Crippen LogP contribution in [0.1, 0.15) is 48.5 Å². The number of hydrogen-bond donors (Lipinski definition) is 2. The summed E-state index contributed by atoms with van der Waals surface area (Å²) < 4.78 is 20.3. The number of nitrogens with zero attached hydrogens (tertiary/aromatic N) is 2. The number of hydrogen-bond acceptors (Lipinski definition) is 8. The quantitative estimate of drug-likeness (QED) is 0.354. The third-order valence-electron chi connectivity index (χ3n) is 5.27. The Hall–Kier alpha value is -2.85. The predicted octanol–water partition coefficient (Wildman–Crippen LogP) is 3.90. The number of urea groups is 1. The van der Waals surface area contributed by atoms with Gasteiger partial charge in [-0.1, -0.05) is 12.1 Å². The number of rotatable bonds is 12. The van der Waals surface area contributed by atoms with Crippen molar-refractivity contribution in [3.63, 3.8) is 0 Å². The molecule has 3 rings (SSSR count). The molecule has 0 saturated carbocycles. The lowest BCUT2D eigenvalue weighted by Crippen LogP contribution is -2.30. The van der Waals surface area contributed by atoms with Crippen LogP contribution in [0.15, 0.2) is 24.3 Å². The van der Waals surface area contributed by atoms with E-state index in [0.717, 1.165) is 42.2 Å². The Morgan fingerprint density at radius 3 is 2.58 bits per heavy atom. The van der Waals surface area contributed by atoms with Crippen molar-refractivity contribution in [2.75, 3.05) is 45.2 Å². The summed E-state index contributed by atoms with van der Waals surface area (Å²) in [7, 11) is 1.28. The molecule has 0 bridgehead atoms. The topological polar surface area (TPSA) is 102 Å². The summed E-state index contributed by atoms with van der Waals surface area (Å²) in [6, 6.07) is 7.08. The normalized spacial score (nSPS) is 13.5. The molecule has 1 fully saturated rings. The number of anilines is 1. The monoisotopic (exact) mass is 476 g/mol. The van der Waals surface area contributed by atoms with Gasteiger partial charge < -0.3 is 24.4 Å². The summed E-state index contributed by atoms with van der Waals surface area (Å²) in [6.07, 6.45) is 4.50. The fourth-order valence-corrected chi connectivity index (χ4v) is 4.28. The van der Waals surface area contributed by atoms with Crippen molar-refractivity contribution in [3.8, 4) is 11.6 Å². The molecule has 2 amide bonds. The SMILES string of the molecule is CCOc1ccc(COc2nsc(NC(=O)NCCCCN3CCCC3)c2C(=O)OC)cc1. The molecule has 180 valence electrons. The molecule has 33 heavy (non-hydrogen) atoms. The fraction of sp³-hybridized carbons (Fsp3) is 0.522. The number of nitrogens with one attached hydrogen (secondary N) is 2. The third kappa shape index (κ3) is 7.61. The lowest BCUT2D eigenvalue weighted by molar-refractivity contribution is 0.0596. The second-order valence-corrected chi connectivity index (χ2v) is 8.46. The van der Waals surface area contributed by atoms with Crippen LogP contribution < -0.4 is 20.1 Å². The summed E-state index contributed by atoms with van der Waals surface area (Å²) in [4.78, 5) is 27.1. The van der Waals surface area contributed by atoms with E-state index in [2.05, 4.69) is 19.9 Å². The van der Waals surface area contributed by atoms with Gasteiger partial charge >= 0.3 is 12.0 Å². The molecule has 0 unspecified atom stereocenters. The van der Waals surface area contributed by atoms with Gasteiger partial charge in [-0.15, -0.1) is 0 Å². The van der Waals surface area contributed by atoms with E-state index in [1.165, 1.54) is 33.0 Å². The number of benzene rings is 1. The van der Waals surface area contributed by atoms with Gasteiger partial charge in [-0.25, -0.2) is 9.59 Å². The Morgan fingerprint density at radius 1 is 1.12 bits per heavy atom. The number of methoxy groups -OCH3 is 1. The average molecular weight is 477 g/mol. The maximum Gasteiger partial charge on any atom is 0.346 e. The first kappa shape index (κ1) is 24.8. The van der Waals surface area contributed by atoms with Gasteiger partial charge in [-0.05, 0) is 81.5 Å². The molecule has 9 nitrogen and oxygen atoms in total. The van der Waals surface area contributed by atoms with E-state index in [9.17, 15) is 9.59 Å². The number of esters is 1. The molecule has 1 saturated heterocycles. The number of ether oxygens (including phenoxy) is 3. The molecule has 0 aliphatic carbocycles. The van der Waals surface area contributed by atoms with E-state index < -0.39 is 5.97 Å². The summed E-state index contributed by atoms with van der Waals surface area (Å²) in [5.74, 6) is 0.284. The second-order valence-electron chi connectivity index (χ2n) is 7.69. The van der Waals surface area contributed by atoms with Crippen molar-refractivity contribution >= 4 is 28.5 Å². The summed E-state index contributed by atoms with van der Waals surface area (Å²) >= 11 is 0.978. The number of carbonyl (C=O) groups excluding carboxylic acids is 2. The van der Waals surface area contributed by atoms with Crippen molar-refractivity contribution in [2.45, 2.75) is 39.2 Å². The van der Waals surface area contributed by atoms with Gasteiger partial charge in [-0.3, -0.25) is 5.32 Å². The van der Waals surface area contributed by atoms with Crippen molar-refractivity contribution in [1.29, 1.82) is 0 Å². The van der Waals surface area contributed by atoms with Crippen LogP contribution in [0, 0.1) is 0 Å². The standard InChI is InChI=1S/C23H32N4O5S/c1-3-31-18-10-8-17(9-11-18)16-32-20-19(22(28)30-2)21(33-26-20)25-23(29)24-12-4-5-13-27-14-6-7-15-27/h8-11H,3-7,12-16H2,1-2H3,(H2,24,25,29). The minimum Gasteiger partial charge on any atom is -0.494 e. The van der Waals surface area contributed by atoms with Crippen molar-refractivity contribution in [3.05, 3.63) is 35.4 Å². The molecule has 2 heterocycles. The minimum absolute atomic E-state index is 0.109. The molecular weight excluding hydrogens is 444 g/mol. The Bertz CT molecular complexity index is 897. The zero-order chi connectivity index (χ0) is 23.5. The van der Waals surface area contributed by atoms with E-state index in [1.807, 2.05) is 31.2 Å². The number of aromatic nitrogens is 1. The maximum absolute atomic E-state index is 12.3. The Morgan fingerprint density at radius 2 is 1.88 bits per heavy atom. The molecule has 0 spiro atoms. The zero-order valence-electron chi connectivity index (χ0n) is 19.2. The molecule has 1 aromatic heterocycles. The molecule has 2 aromatic rings. The van der Waals surface area contributed by atoms with E-state index in [-0.39, 0.29) is 29.1 Å². The highest BCUT2D eigenvalue weighted by molar-refractivity contribution is 7.11. The van der Waals surface area contributed by atoms with Gasteiger partial charge in [0, 0.05) is 6.54 Å². The molecule has 1 aromatic carbocycles. The fourth-order valence-electron chi connectivity index (χ4n) is 3.56. The molecule has 0 radical (unpaired) electrons. The Kier molecular flexibility index (Phi) is 9.77. The summed E-state index contributed by atoms with van der Waals surface area (Å²) in [5.41, 5.74) is 1.00. The van der Waals surface area contributed by atoms with Crippen LogP contribution in [-0.4, -0.2) is 61.2 Å². The van der Waals surface area contributed by atoms with Gasteiger partial charge in [0.25, 0.3) is 0 Å². The van der Waals surface area contributed by atoms with Crippen molar-refractivity contribution in [1.82, 2.24) is 14.6 Å². The van der Waals surface area contributed by atoms with Crippen LogP contribution in [-0.2, 0) is 11.3 Å². The number of carbonyl (C=O) groups is 2. The molecule has 10 heteroatoms. The molecule has 0 atom stereocenters. The summed E-state index contributed by atoms with van der Waals surface area (Å²) in [5, 5.41) is 5.81. The molecular formula is C23H32N4O5S. The number of likely N-dealkylation sites (tertiary alicyclic amines) is 1. The first-order chi connectivity index (χ1) is 16.1. The van der Waals surface area contributed by atoms with Crippen LogP contribution in [0.4, 0.5) is 9.80 Å². The largest absolute Gasteiger partial charge is 0.494 e. The average Bonchev–Trinajstić information content (AvgIpc) is 3.48. The second kappa shape index (κ2) is 13.0. The summed E-state index contributed by atoms with van der Waals surface area (Å²) in [6.45, 7) is 6.72. The van der Waals surface area contributed by atoms with Gasteiger partial charge in [0.15, 0.2) is 5.56 Å². The van der Waals surface area contributed by atoms with Crippen LogP contribution in [0.2, 0.25) is 0 Å². The van der Waals surface area contributed by atoms with Gasteiger partial charge in [0.05, 0.1) is 13.7 Å². The lowest BCUT2D eigenvalue weighted by atomic mass is 10.2. The Balaban J connectivity index is 1.50. The Labute approximate surface area is 198 Å². The van der Waals surface area contributed by atoms with E-state index in [0.29, 0.717) is 13.2 Å². The third-order valence-corrected chi connectivity index (χ3v) is 6.02. The van der Waals surface area contributed by atoms with E-state index >= 15 is 0 Å². The highest BCUT2D eigenvalue weighted by Gasteiger charge is 2.24. The molecule has 1 aliphatic rings. The van der Waals surface area contributed by atoms with E-state index in [1.54, 1.807) is 0 Å². The lowest BCUT2D eigenvalue weighted by Gasteiger charge is -2.14. The zero-order valence-corrected chi connectivity index (χ0v) is 20.0. The van der Waals surface area contributed by atoms with Gasteiger partial charge in [-0.2, -0.15) is 4.37 Å². The van der Waals surface area contributed by atoms with Crippen LogP contribution in [0.5, 0.6) is 11.6 Å².